The number of para-hydroxylation sites is 1. The number of fused-ring (bicyclic) bond motifs is 1. The molecule has 0 aliphatic carbocycles. The van der Waals surface area contributed by atoms with Crippen LogP contribution in [0.1, 0.15) is 22.5 Å². The van der Waals surface area contributed by atoms with Gasteiger partial charge in [-0.2, -0.15) is 0 Å². The molecule has 132 valence electrons. The molecule has 0 atom stereocenters. The summed E-state index contributed by atoms with van der Waals surface area (Å²) in [5.74, 6) is 0.658. The number of hydrogen-bond donors (Lipinski definition) is 0. The van der Waals surface area contributed by atoms with Crippen molar-refractivity contribution in [3.8, 4) is 0 Å². The van der Waals surface area contributed by atoms with Crippen molar-refractivity contribution in [2.24, 2.45) is 0 Å². The summed E-state index contributed by atoms with van der Waals surface area (Å²) in [6, 6.07) is 25.7. The average Bonchev–Trinajstić information content (AvgIpc) is 2.71. The molecule has 4 aromatic rings. The first-order valence-electron chi connectivity index (χ1n) is 8.99. The monoisotopic (exact) mass is 352 g/mol. The number of aryl methyl sites for hydroxylation is 1. The van der Waals surface area contributed by atoms with Crippen molar-refractivity contribution in [1.82, 2.24) is 9.55 Å². The van der Waals surface area contributed by atoms with E-state index in [1.807, 2.05) is 78.9 Å². The van der Waals surface area contributed by atoms with Gasteiger partial charge in [0.2, 0.25) is 0 Å². The molecule has 3 aromatic carbocycles. The fourth-order valence-corrected chi connectivity index (χ4v) is 3.17. The highest BCUT2D eigenvalue weighted by atomic mass is 16.1. The second-order valence-corrected chi connectivity index (χ2v) is 6.55. The summed E-state index contributed by atoms with van der Waals surface area (Å²) in [5, 5.41) is 0.640. The van der Waals surface area contributed by atoms with Crippen molar-refractivity contribution in [2.45, 2.75) is 13.5 Å². The van der Waals surface area contributed by atoms with Gasteiger partial charge < -0.3 is 0 Å². The van der Waals surface area contributed by atoms with Crippen LogP contribution in [0, 0.1) is 6.92 Å². The Morgan fingerprint density at radius 1 is 0.852 bits per heavy atom. The van der Waals surface area contributed by atoms with Gasteiger partial charge in [-0.1, -0.05) is 72.8 Å². The molecule has 0 radical (unpaired) electrons. The molecule has 0 bridgehead atoms. The first-order valence-corrected chi connectivity index (χ1v) is 8.99. The van der Waals surface area contributed by atoms with E-state index in [0.29, 0.717) is 17.8 Å². The Morgan fingerprint density at radius 3 is 2.37 bits per heavy atom. The minimum Gasteiger partial charge on any atom is -0.288 e. The van der Waals surface area contributed by atoms with Gasteiger partial charge in [-0.15, -0.1) is 0 Å². The number of nitrogens with zero attached hydrogens (tertiary/aromatic N) is 2. The zero-order chi connectivity index (χ0) is 18.6. The predicted molar refractivity (Wildman–Crippen MR) is 112 cm³/mol. The summed E-state index contributed by atoms with van der Waals surface area (Å²) in [5.41, 5.74) is 4.07. The van der Waals surface area contributed by atoms with Crippen LogP contribution in [0.4, 0.5) is 0 Å². The average molecular weight is 352 g/mol. The molecular weight excluding hydrogens is 332 g/mol. The van der Waals surface area contributed by atoms with Crippen molar-refractivity contribution < 1.29 is 0 Å². The normalized spacial score (nSPS) is 11.3. The standard InChI is InChI=1S/C24H20N2O/c1-18-9-5-6-12-20(18)15-16-23-25-22-14-8-7-13-21(22)24(27)26(23)17-19-10-3-2-4-11-19/h2-16H,17H2,1H3. The van der Waals surface area contributed by atoms with Gasteiger partial charge in [0.1, 0.15) is 5.82 Å². The van der Waals surface area contributed by atoms with Gasteiger partial charge in [-0.3, -0.25) is 9.36 Å². The van der Waals surface area contributed by atoms with Crippen LogP contribution >= 0.6 is 0 Å². The molecule has 3 heteroatoms. The Balaban J connectivity index is 1.86. The third kappa shape index (κ3) is 3.58. The van der Waals surface area contributed by atoms with E-state index in [1.165, 1.54) is 5.56 Å². The van der Waals surface area contributed by atoms with E-state index in [-0.39, 0.29) is 5.56 Å². The summed E-state index contributed by atoms with van der Waals surface area (Å²) in [6.45, 7) is 2.56. The van der Waals surface area contributed by atoms with E-state index in [4.69, 9.17) is 4.98 Å². The molecule has 0 saturated heterocycles. The maximum Gasteiger partial charge on any atom is 0.261 e. The summed E-state index contributed by atoms with van der Waals surface area (Å²) < 4.78 is 1.74. The molecule has 0 aliphatic rings. The van der Waals surface area contributed by atoms with Crippen LogP contribution in [0.15, 0.2) is 83.7 Å². The number of aromatic nitrogens is 2. The highest BCUT2D eigenvalue weighted by molar-refractivity contribution is 5.79. The summed E-state index contributed by atoms with van der Waals surface area (Å²) >= 11 is 0. The van der Waals surface area contributed by atoms with Crippen LogP contribution in [0.3, 0.4) is 0 Å². The fraction of sp³-hybridized carbons (Fsp3) is 0.0833. The lowest BCUT2D eigenvalue weighted by molar-refractivity contribution is 0.738. The van der Waals surface area contributed by atoms with Crippen LogP contribution in [0.25, 0.3) is 23.1 Å². The highest BCUT2D eigenvalue weighted by Gasteiger charge is 2.09. The van der Waals surface area contributed by atoms with Crippen LogP contribution < -0.4 is 5.56 Å². The zero-order valence-corrected chi connectivity index (χ0v) is 15.2. The minimum absolute atomic E-state index is 0.0195. The van der Waals surface area contributed by atoms with Gasteiger partial charge in [-0.05, 0) is 41.8 Å². The van der Waals surface area contributed by atoms with E-state index in [0.717, 1.165) is 16.6 Å². The first kappa shape index (κ1) is 17.0. The van der Waals surface area contributed by atoms with E-state index >= 15 is 0 Å². The molecule has 0 aliphatic heterocycles. The largest absolute Gasteiger partial charge is 0.288 e. The summed E-state index contributed by atoms with van der Waals surface area (Å²) in [6.07, 6.45) is 3.95. The predicted octanol–water partition coefficient (Wildman–Crippen LogP) is 4.92. The smallest absolute Gasteiger partial charge is 0.261 e. The Bertz CT molecular complexity index is 1170. The van der Waals surface area contributed by atoms with E-state index in [1.54, 1.807) is 4.57 Å². The second kappa shape index (κ2) is 7.42. The van der Waals surface area contributed by atoms with E-state index in [2.05, 4.69) is 19.1 Å². The maximum absolute atomic E-state index is 13.1. The molecule has 0 amide bonds. The van der Waals surface area contributed by atoms with Crippen molar-refractivity contribution >= 4 is 23.1 Å². The molecule has 0 N–H and O–H groups in total. The van der Waals surface area contributed by atoms with E-state index < -0.39 is 0 Å². The minimum atomic E-state index is -0.0195. The second-order valence-electron chi connectivity index (χ2n) is 6.55. The quantitative estimate of drug-likeness (QED) is 0.522. The van der Waals surface area contributed by atoms with Gasteiger partial charge in [0, 0.05) is 0 Å². The summed E-state index contributed by atoms with van der Waals surface area (Å²) in [7, 11) is 0. The van der Waals surface area contributed by atoms with Crippen molar-refractivity contribution in [3.63, 3.8) is 0 Å². The molecule has 4 rings (SSSR count). The molecule has 27 heavy (non-hydrogen) atoms. The highest BCUT2D eigenvalue weighted by Crippen LogP contribution is 2.14. The Kier molecular flexibility index (Phi) is 4.67. The van der Waals surface area contributed by atoms with Gasteiger partial charge >= 0.3 is 0 Å². The van der Waals surface area contributed by atoms with Crippen LogP contribution in [0.2, 0.25) is 0 Å². The SMILES string of the molecule is Cc1ccccc1C=Cc1nc2ccccc2c(=O)n1Cc1ccccc1. The molecule has 3 nitrogen and oxygen atoms in total. The number of benzene rings is 3. The van der Waals surface area contributed by atoms with Crippen molar-refractivity contribution in [2.75, 3.05) is 0 Å². The Hall–Kier alpha value is -3.46. The van der Waals surface area contributed by atoms with Crippen LogP contribution in [0.5, 0.6) is 0 Å². The molecular formula is C24H20N2O. The van der Waals surface area contributed by atoms with Crippen molar-refractivity contribution in [3.05, 3.63) is 112 Å². The third-order valence-electron chi connectivity index (χ3n) is 4.68. The third-order valence-corrected chi connectivity index (χ3v) is 4.68. The zero-order valence-electron chi connectivity index (χ0n) is 15.2. The molecule has 0 saturated carbocycles. The lowest BCUT2D eigenvalue weighted by atomic mass is 10.1. The van der Waals surface area contributed by atoms with Gasteiger partial charge in [0.15, 0.2) is 0 Å². The maximum atomic E-state index is 13.1. The van der Waals surface area contributed by atoms with Gasteiger partial charge in [-0.25, -0.2) is 4.98 Å². The Labute approximate surface area is 158 Å². The van der Waals surface area contributed by atoms with Crippen LogP contribution in [-0.4, -0.2) is 9.55 Å². The fourth-order valence-electron chi connectivity index (χ4n) is 3.17. The number of hydrogen-bond acceptors (Lipinski definition) is 2. The molecule has 0 unspecified atom stereocenters. The lowest BCUT2D eigenvalue weighted by Crippen LogP contribution is -2.24. The van der Waals surface area contributed by atoms with Crippen LogP contribution in [-0.2, 0) is 6.54 Å². The molecule has 1 heterocycles. The lowest BCUT2D eigenvalue weighted by Gasteiger charge is -2.11. The van der Waals surface area contributed by atoms with Gasteiger partial charge in [0.05, 0.1) is 17.4 Å². The molecule has 0 spiro atoms. The molecule has 1 aromatic heterocycles. The van der Waals surface area contributed by atoms with Gasteiger partial charge in [0.25, 0.3) is 5.56 Å². The Morgan fingerprint density at radius 2 is 1.56 bits per heavy atom. The molecule has 0 fully saturated rings. The topological polar surface area (TPSA) is 34.9 Å². The van der Waals surface area contributed by atoms with E-state index in [9.17, 15) is 4.79 Å². The summed E-state index contributed by atoms with van der Waals surface area (Å²) in [4.78, 5) is 17.9. The van der Waals surface area contributed by atoms with Crippen molar-refractivity contribution in [1.29, 1.82) is 0 Å². The number of rotatable bonds is 4. The first-order chi connectivity index (χ1) is 13.2.